The highest BCUT2D eigenvalue weighted by Gasteiger charge is 2.27. The van der Waals surface area contributed by atoms with Crippen LogP contribution in [0.1, 0.15) is 48.0 Å². The van der Waals surface area contributed by atoms with E-state index in [2.05, 4.69) is 23.4 Å². The number of thiophene rings is 1. The average molecular weight is 373 g/mol. The minimum atomic E-state index is -0.730. The molecule has 2 heterocycles. The van der Waals surface area contributed by atoms with Crippen LogP contribution in [0.5, 0.6) is 0 Å². The fourth-order valence-electron chi connectivity index (χ4n) is 3.14. The number of hydrogen-bond donors (Lipinski definition) is 1. The van der Waals surface area contributed by atoms with Crippen LogP contribution in [0.15, 0.2) is 6.20 Å². The SMILES string of the molecule is Cc1nn([C@@H](C)C(=O)Nc2sc3c(c2C#N)CC[C@H](C)C3)cc1[N+](=O)[O-]. The Labute approximate surface area is 154 Å². The van der Waals surface area contributed by atoms with Gasteiger partial charge in [-0.05, 0) is 44.6 Å². The molecule has 3 rings (SSSR count). The van der Waals surface area contributed by atoms with Crippen LogP contribution in [0.3, 0.4) is 0 Å². The van der Waals surface area contributed by atoms with Crippen LogP contribution >= 0.6 is 11.3 Å². The summed E-state index contributed by atoms with van der Waals surface area (Å²) in [4.78, 5) is 24.2. The van der Waals surface area contributed by atoms with Gasteiger partial charge in [-0.3, -0.25) is 19.6 Å². The molecule has 136 valence electrons. The van der Waals surface area contributed by atoms with E-state index in [-0.39, 0.29) is 17.3 Å². The lowest BCUT2D eigenvalue weighted by molar-refractivity contribution is -0.385. The van der Waals surface area contributed by atoms with Crippen molar-refractivity contribution in [1.82, 2.24) is 9.78 Å². The number of aromatic nitrogens is 2. The second-order valence-corrected chi connectivity index (χ2v) is 7.77. The Kier molecular flexibility index (Phi) is 4.78. The van der Waals surface area contributed by atoms with Crippen molar-refractivity contribution >= 4 is 27.9 Å². The van der Waals surface area contributed by atoms with Crippen molar-refractivity contribution in [3.8, 4) is 6.07 Å². The van der Waals surface area contributed by atoms with Crippen LogP contribution in [-0.4, -0.2) is 20.6 Å². The van der Waals surface area contributed by atoms with Crippen LogP contribution in [-0.2, 0) is 17.6 Å². The zero-order chi connectivity index (χ0) is 19.0. The lowest BCUT2D eigenvalue weighted by Gasteiger charge is -2.17. The second-order valence-electron chi connectivity index (χ2n) is 6.67. The molecule has 0 radical (unpaired) electrons. The largest absolute Gasteiger partial charge is 0.315 e. The number of hydrogen-bond acceptors (Lipinski definition) is 6. The minimum Gasteiger partial charge on any atom is -0.315 e. The first-order valence-corrected chi connectivity index (χ1v) is 9.19. The summed E-state index contributed by atoms with van der Waals surface area (Å²) in [5.41, 5.74) is 1.72. The zero-order valence-corrected chi connectivity index (χ0v) is 15.6. The Hall–Kier alpha value is -2.73. The summed E-state index contributed by atoms with van der Waals surface area (Å²) in [6.07, 6.45) is 4.07. The molecule has 1 aliphatic rings. The molecule has 0 aromatic carbocycles. The summed E-state index contributed by atoms with van der Waals surface area (Å²) in [6.45, 7) is 5.33. The first-order valence-electron chi connectivity index (χ1n) is 8.37. The van der Waals surface area contributed by atoms with E-state index in [1.54, 1.807) is 6.92 Å². The van der Waals surface area contributed by atoms with Crippen molar-refractivity contribution in [2.45, 2.75) is 46.1 Å². The minimum absolute atomic E-state index is 0.122. The first kappa shape index (κ1) is 18.1. The van der Waals surface area contributed by atoms with E-state index >= 15 is 0 Å². The molecule has 0 saturated heterocycles. The third-order valence-electron chi connectivity index (χ3n) is 4.72. The van der Waals surface area contributed by atoms with Gasteiger partial charge in [-0.2, -0.15) is 10.4 Å². The van der Waals surface area contributed by atoms with Crippen molar-refractivity contribution in [2.75, 3.05) is 5.32 Å². The second kappa shape index (κ2) is 6.88. The summed E-state index contributed by atoms with van der Waals surface area (Å²) >= 11 is 1.45. The highest BCUT2D eigenvalue weighted by Crippen LogP contribution is 2.39. The van der Waals surface area contributed by atoms with E-state index in [9.17, 15) is 20.2 Å². The average Bonchev–Trinajstić information content (AvgIpc) is 3.13. The van der Waals surface area contributed by atoms with Crippen molar-refractivity contribution in [3.05, 3.63) is 38.0 Å². The predicted molar refractivity (Wildman–Crippen MR) is 97.2 cm³/mol. The Morgan fingerprint density at radius 3 is 2.96 bits per heavy atom. The maximum absolute atomic E-state index is 12.6. The Morgan fingerprint density at radius 1 is 1.62 bits per heavy atom. The molecule has 9 heteroatoms. The number of nitrogens with one attached hydrogen (secondary N) is 1. The molecule has 2 aromatic heterocycles. The molecule has 1 amide bonds. The van der Waals surface area contributed by atoms with Gasteiger partial charge in [0.2, 0.25) is 5.91 Å². The third-order valence-corrected chi connectivity index (χ3v) is 5.89. The molecule has 0 aliphatic heterocycles. The lowest BCUT2D eigenvalue weighted by atomic mass is 9.88. The molecule has 2 atom stereocenters. The number of carbonyl (C=O) groups is 1. The normalized spacial score (nSPS) is 17.2. The number of nitro groups is 1. The number of carbonyl (C=O) groups excluding carboxylic acids is 1. The maximum atomic E-state index is 12.6. The summed E-state index contributed by atoms with van der Waals surface area (Å²) in [6, 6.07) is 1.49. The van der Waals surface area contributed by atoms with Crippen LogP contribution in [0.4, 0.5) is 10.7 Å². The standard InChI is InChI=1S/C17H19N5O3S/c1-9-4-5-12-13(7-18)17(26-15(12)6-9)19-16(23)11(3)21-8-14(22(24)25)10(2)20-21/h8-9,11H,4-6H2,1-3H3,(H,19,23)/t9-,11-/m0/s1. The van der Waals surface area contributed by atoms with Crippen molar-refractivity contribution in [2.24, 2.45) is 5.92 Å². The van der Waals surface area contributed by atoms with Crippen LogP contribution < -0.4 is 5.32 Å². The molecule has 1 N–H and O–H groups in total. The maximum Gasteiger partial charge on any atom is 0.309 e. The van der Waals surface area contributed by atoms with Gasteiger partial charge in [0, 0.05) is 4.88 Å². The van der Waals surface area contributed by atoms with Gasteiger partial charge in [0.25, 0.3) is 0 Å². The topological polar surface area (TPSA) is 114 Å². The Balaban J connectivity index is 1.83. The van der Waals surface area contributed by atoms with Crippen molar-refractivity contribution in [1.29, 1.82) is 5.26 Å². The Bertz CT molecular complexity index is 924. The summed E-state index contributed by atoms with van der Waals surface area (Å²) in [5.74, 6) is 0.216. The van der Waals surface area contributed by atoms with Gasteiger partial charge in [0.15, 0.2) is 0 Å². The molecular weight excluding hydrogens is 354 g/mol. The first-order chi connectivity index (χ1) is 12.3. The highest BCUT2D eigenvalue weighted by molar-refractivity contribution is 7.16. The highest BCUT2D eigenvalue weighted by atomic mass is 32.1. The molecule has 1 aliphatic carbocycles. The van der Waals surface area contributed by atoms with Crippen LogP contribution in [0, 0.1) is 34.3 Å². The van der Waals surface area contributed by atoms with Crippen LogP contribution in [0.2, 0.25) is 0 Å². The number of anilines is 1. The van der Waals surface area contributed by atoms with Gasteiger partial charge in [-0.15, -0.1) is 11.3 Å². The summed E-state index contributed by atoms with van der Waals surface area (Å²) < 4.78 is 1.28. The molecule has 8 nitrogen and oxygen atoms in total. The van der Waals surface area contributed by atoms with Gasteiger partial charge >= 0.3 is 5.69 Å². The molecule has 0 spiro atoms. The summed E-state index contributed by atoms with van der Waals surface area (Å²) in [7, 11) is 0. The van der Waals surface area contributed by atoms with Gasteiger partial charge in [0.1, 0.15) is 29.0 Å². The van der Waals surface area contributed by atoms with E-state index in [1.165, 1.54) is 29.1 Å². The number of rotatable bonds is 4. The molecule has 0 bridgehead atoms. The van der Waals surface area contributed by atoms with Crippen molar-refractivity contribution in [3.63, 3.8) is 0 Å². The quantitative estimate of drug-likeness (QED) is 0.652. The van der Waals surface area contributed by atoms with Crippen molar-refractivity contribution < 1.29 is 9.72 Å². The van der Waals surface area contributed by atoms with Gasteiger partial charge in [-0.1, -0.05) is 6.92 Å². The third kappa shape index (κ3) is 3.20. The smallest absolute Gasteiger partial charge is 0.309 e. The van der Waals surface area contributed by atoms with E-state index in [4.69, 9.17) is 0 Å². The number of amides is 1. The number of fused-ring (bicyclic) bond motifs is 1. The van der Waals surface area contributed by atoms with Gasteiger partial charge in [-0.25, -0.2) is 0 Å². The predicted octanol–water partition coefficient (Wildman–Crippen LogP) is 3.36. The van der Waals surface area contributed by atoms with E-state index in [1.807, 2.05) is 0 Å². The van der Waals surface area contributed by atoms with Crippen LogP contribution in [0.25, 0.3) is 0 Å². The molecule has 0 unspecified atom stereocenters. The van der Waals surface area contributed by atoms with E-state index < -0.39 is 11.0 Å². The van der Waals surface area contributed by atoms with E-state index in [0.717, 1.165) is 29.7 Å². The summed E-state index contributed by atoms with van der Waals surface area (Å²) in [5, 5.41) is 27.9. The lowest BCUT2D eigenvalue weighted by Crippen LogP contribution is -2.24. The number of aryl methyl sites for hydroxylation is 1. The van der Waals surface area contributed by atoms with Gasteiger partial charge in [0.05, 0.1) is 10.5 Å². The molecule has 2 aromatic rings. The molecule has 26 heavy (non-hydrogen) atoms. The zero-order valence-electron chi connectivity index (χ0n) is 14.8. The van der Waals surface area contributed by atoms with E-state index in [0.29, 0.717) is 16.5 Å². The molecular formula is C17H19N5O3S. The fourth-order valence-corrected chi connectivity index (χ4v) is 4.51. The fraction of sp³-hybridized carbons (Fsp3) is 0.471. The molecule has 0 fully saturated rings. The number of nitrogens with zero attached hydrogens (tertiary/aromatic N) is 4. The molecule has 0 saturated carbocycles. The van der Waals surface area contributed by atoms with Gasteiger partial charge < -0.3 is 5.32 Å². The Morgan fingerprint density at radius 2 is 2.35 bits per heavy atom. The monoisotopic (exact) mass is 373 g/mol. The number of nitriles is 1.